The highest BCUT2D eigenvalue weighted by molar-refractivity contribution is 9.09. The molecule has 0 N–H and O–H groups in total. The van der Waals surface area contributed by atoms with E-state index in [1.807, 2.05) is 0 Å². The highest BCUT2D eigenvalue weighted by Gasteiger charge is 2.29. The lowest BCUT2D eigenvalue weighted by Crippen LogP contribution is -2.39. The molecule has 1 saturated heterocycles. The maximum Gasteiger partial charge on any atom is 0.252 e. The minimum atomic E-state index is -3.23. The molecule has 1 fully saturated rings. The van der Waals surface area contributed by atoms with Crippen LogP contribution in [0.25, 0.3) is 0 Å². The average molecular weight is 310 g/mol. The molecule has 6 heteroatoms. The third-order valence-electron chi connectivity index (χ3n) is 2.42. The fourth-order valence-corrected chi connectivity index (χ4v) is 5.18. The van der Waals surface area contributed by atoms with E-state index in [2.05, 4.69) is 15.9 Å². The molecular formula is C9H12BrNO2S2. The zero-order chi connectivity index (χ0) is 10.9. The summed E-state index contributed by atoms with van der Waals surface area (Å²) in [6, 6.07) is 3.44. The van der Waals surface area contributed by atoms with Gasteiger partial charge in [-0.05, 0) is 24.3 Å². The van der Waals surface area contributed by atoms with Gasteiger partial charge in [-0.3, -0.25) is 0 Å². The third-order valence-corrected chi connectivity index (χ3v) is 6.40. The molecule has 1 aliphatic heterocycles. The van der Waals surface area contributed by atoms with E-state index in [0.29, 0.717) is 22.1 Å². The van der Waals surface area contributed by atoms with Gasteiger partial charge in [0.25, 0.3) is 10.0 Å². The minimum Gasteiger partial charge on any atom is -0.206 e. The van der Waals surface area contributed by atoms with Gasteiger partial charge in [-0.25, -0.2) is 8.42 Å². The van der Waals surface area contributed by atoms with Crippen LogP contribution in [-0.2, 0) is 10.0 Å². The quantitative estimate of drug-likeness (QED) is 0.786. The van der Waals surface area contributed by atoms with Crippen molar-refractivity contribution in [2.75, 3.05) is 13.1 Å². The van der Waals surface area contributed by atoms with Crippen LogP contribution in [0.5, 0.6) is 0 Å². The maximum absolute atomic E-state index is 12.1. The Morgan fingerprint density at radius 2 is 2.33 bits per heavy atom. The Morgan fingerprint density at radius 3 is 2.93 bits per heavy atom. The zero-order valence-corrected chi connectivity index (χ0v) is 11.3. The van der Waals surface area contributed by atoms with Crippen molar-refractivity contribution in [1.29, 1.82) is 0 Å². The van der Waals surface area contributed by atoms with Gasteiger partial charge in [0.2, 0.25) is 0 Å². The van der Waals surface area contributed by atoms with Crippen molar-refractivity contribution in [3.05, 3.63) is 17.5 Å². The molecule has 15 heavy (non-hydrogen) atoms. The first-order chi connectivity index (χ1) is 7.10. The lowest BCUT2D eigenvalue weighted by molar-refractivity contribution is 0.357. The molecule has 0 spiro atoms. The first-order valence-corrected chi connectivity index (χ1v) is 8.02. The molecule has 0 saturated carbocycles. The number of thiophene rings is 1. The fraction of sp³-hybridized carbons (Fsp3) is 0.556. The third kappa shape index (κ3) is 2.43. The van der Waals surface area contributed by atoms with Crippen LogP contribution in [0, 0.1) is 0 Å². The van der Waals surface area contributed by atoms with Crippen LogP contribution < -0.4 is 0 Å². The van der Waals surface area contributed by atoms with Crippen LogP contribution >= 0.6 is 27.3 Å². The van der Waals surface area contributed by atoms with E-state index < -0.39 is 10.0 Å². The predicted octanol–water partition coefficient (Wildman–Crippen LogP) is 2.30. The first kappa shape index (κ1) is 11.6. The Labute approximate surface area is 102 Å². The summed E-state index contributed by atoms with van der Waals surface area (Å²) in [4.78, 5) is 0.293. The molecule has 1 aromatic heterocycles. The summed E-state index contributed by atoms with van der Waals surface area (Å²) in [5.41, 5.74) is 0. The highest BCUT2D eigenvalue weighted by Crippen LogP contribution is 2.26. The number of alkyl halides is 1. The second-order valence-electron chi connectivity index (χ2n) is 3.53. The molecule has 2 heterocycles. The average Bonchev–Trinajstić information content (AvgIpc) is 2.71. The molecule has 0 aliphatic carbocycles. The van der Waals surface area contributed by atoms with Crippen molar-refractivity contribution >= 4 is 37.3 Å². The summed E-state index contributed by atoms with van der Waals surface area (Å²) in [5.74, 6) is 0. The van der Waals surface area contributed by atoms with Crippen molar-refractivity contribution in [3.8, 4) is 0 Å². The van der Waals surface area contributed by atoms with E-state index >= 15 is 0 Å². The topological polar surface area (TPSA) is 37.4 Å². The molecule has 1 aromatic rings. The summed E-state index contributed by atoms with van der Waals surface area (Å²) in [6.07, 6.45) is 1.98. The lowest BCUT2D eigenvalue weighted by atomic mass is 10.2. The van der Waals surface area contributed by atoms with Crippen LogP contribution in [0.1, 0.15) is 12.8 Å². The van der Waals surface area contributed by atoms with Crippen molar-refractivity contribution in [2.24, 2.45) is 0 Å². The lowest BCUT2D eigenvalue weighted by Gasteiger charge is -2.28. The van der Waals surface area contributed by atoms with E-state index in [-0.39, 0.29) is 0 Å². The summed E-state index contributed by atoms with van der Waals surface area (Å²) in [7, 11) is -3.23. The number of rotatable bonds is 2. The predicted molar refractivity (Wildman–Crippen MR) is 65.0 cm³/mol. The number of halogens is 1. The van der Waals surface area contributed by atoms with Gasteiger partial charge in [-0.1, -0.05) is 22.0 Å². The van der Waals surface area contributed by atoms with Gasteiger partial charge in [0.15, 0.2) is 0 Å². The normalized spacial score (nSPS) is 24.2. The number of sulfonamides is 1. The molecule has 84 valence electrons. The van der Waals surface area contributed by atoms with Gasteiger partial charge >= 0.3 is 0 Å². The van der Waals surface area contributed by atoms with Gasteiger partial charge in [-0.2, -0.15) is 4.31 Å². The molecule has 2 rings (SSSR count). The second kappa shape index (κ2) is 4.53. The molecule has 0 aromatic carbocycles. The molecule has 1 unspecified atom stereocenters. The van der Waals surface area contributed by atoms with Gasteiger partial charge in [0.05, 0.1) is 0 Å². The summed E-state index contributed by atoms with van der Waals surface area (Å²) in [5, 5.41) is 1.79. The Balaban J connectivity index is 2.22. The number of hydrogen-bond acceptors (Lipinski definition) is 3. The van der Waals surface area contributed by atoms with E-state index in [1.54, 1.807) is 21.8 Å². The monoisotopic (exact) mass is 309 g/mol. The van der Waals surface area contributed by atoms with Gasteiger partial charge in [0, 0.05) is 17.9 Å². The molecule has 0 radical (unpaired) electrons. The van der Waals surface area contributed by atoms with Gasteiger partial charge in [-0.15, -0.1) is 11.3 Å². The molecule has 0 bridgehead atoms. The van der Waals surface area contributed by atoms with Crippen LogP contribution in [0.2, 0.25) is 0 Å². The minimum absolute atomic E-state index is 0.293. The van der Waals surface area contributed by atoms with E-state index in [1.165, 1.54) is 11.3 Å². The van der Waals surface area contributed by atoms with E-state index in [9.17, 15) is 8.42 Å². The Bertz CT molecular complexity index is 415. The van der Waals surface area contributed by atoms with Crippen LogP contribution in [-0.4, -0.2) is 30.6 Å². The summed E-state index contributed by atoms with van der Waals surface area (Å²) >= 11 is 4.76. The molecule has 1 atom stereocenters. The van der Waals surface area contributed by atoms with Crippen molar-refractivity contribution in [3.63, 3.8) is 0 Å². The van der Waals surface area contributed by atoms with Crippen molar-refractivity contribution in [2.45, 2.75) is 21.9 Å². The Kier molecular flexibility index (Phi) is 3.49. The largest absolute Gasteiger partial charge is 0.252 e. The number of hydrogen-bond donors (Lipinski definition) is 0. The van der Waals surface area contributed by atoms with Gasteiger partial charge in [0.1, 0.15) is 4.21 Å². The van der Waals surface area contributed by atoms with Gasteiger partial charge < -0.3 is 0 Å². The number of piperidine rings is 1. The molecule has 1 aliphatic rings. The molecule has 0 amide bonds. The number of nitrogens with zero attached hydrogens (tertiary/aromatic N) is 1. The van der Waals surface area contributed by atoms with Crippen LogP contribution in [0.4, 0.5) is 0 Å². The van der Waals surface area contributed by atoms with E-state index in [0.717, 1.165) is 12.8 Å². The van der Waals surface area contributed by atoms with Crippen molar-refractivity contribution < 1.29 is 8.42 Å². The highest BCUT2D eigenvalue weighted by atomic mass is 79.9. The van der Waals surface area contributed by atoms with E-state index in [4.69, 9.17) is 0 Å². The standard InChI is InChI=1S/C9H12BrNO2S2/c10-8-3-1-5-11(7-8)15(12,13)9-4-2-6-14-9/h2,4,6,8H,1,3,5,7H2. The van der Waals surface area contributed by atoms with Crippen LogP contribution in [0.3, 0.4) is 0 Å². The second-order valence-corrected chi connectivity index (χ2v) is 7.94. The first-order valence-electron chi connectivity index (χ1n) is 4.78. The fourth-order valence-electron chi connectivity index (χ4n) is 1.65. The smallest absolute Gasteiger partial charge is 0.206 e. The SMILES string of the molecule is O=S(=O)(c1cccs1)N1CCCC(Br)C1. The van der Waals surface area contributed by atoms with Crippen LogP contribution in [0.15, 0.2) is 21.7 Å². The Morgan fingerprint density at radius 1 is 1.53 bits per heavy atom. The zero-order valence-electron chi connectivity index (χ0n) is 8.10. The summed E-state index contributed by atoms with van der Waals surface area (Å²) in [6.45, 7) is 1.22. The Hall–Kier alpha value is 0.0900. The molecule has 3 nitrogen and oxygen atoms in total. The molecular weight excluding hydrogens is 298 g/mol. The summed E-state index contributed by atoms with van der Waals surface area (Å²) < 4.78 is 26.2. The maximum atomic E-state index is 12.1. The van der Waals surface area contributed by atoms with Crippen molar-refractivity contribution in [1.82, 2.24) is 4.31 Å².